The number of carbonyl (C=O) groups is 1. The number of amides is 1. The van der Waals surface area contributed by atoms with Gasteiger partial charge in [0, 0.05) is 12.1 Å². The van der Waals surface area contributed by atoms with Crippen LogP contribution < -0.4 is 5.32 Å². The van der Waals surface area contributed by atoms with Crippen molar-refractivity contribution in [3.63, 3.8) is 0 Å². The fourth-order valence-electron chi connectivity index (χ4n) is 4.07. The molecule has 2 aliphatic rings. The molecule has 0 aromatic carbocycles. The number of thioether (sulfide) groups is 1. The summed E-state index contributed by atoms with van der Waals surface area (Å²) in [7, 11) is 2.15. The van der Waals surface area contributed by atoms with Gasteiger partial charge in [0.1, 0.15) is 0 Å². The Morgan fingerprint density at radius 2 is 2.07 bits per heavy atom. The highest BCUT2D eigenvalue weighted by Gasteiger charge is 2.36. The molecule has 1 saturated heterocycles. The number of hydrogen-bond donors (Lipinski definition) is 2. The molecule has 7 heteroatoms. The van der Waals surface area contributed by atoms with Crippen molar-refractivity contribution < 1.29 is 10.0 Å². The fraction of sp³-hybridized carbons (Fsp3) is 0.700. The summed E-state index contributed by atoms with van der Waals surface area (Å²) in [5, 5.41) is 16.4. The van der Waals surface area contributed by atoms with Crippen LogP contribution in [0.3, 0.4) is 0 Å². The first-order valence-electron chi connectivity index (χ1n) is 9.81. The lowest BCUT2D eigenvalue weighted by molar-refractivity contribution is 0.0941. The Labute approximate surface area is 170 Å². The van der Waals surface area contributed by atoms with Gasteiger partial charge >= 0.3 is 0 Å². The SMILES string of the molecule is CCSc1sc(C(=O)NCC2CCN(C)CC2)c2c1/C(=N/O)CC(C)(C)C2. The lowest BCUT2D eigenvalue weighted by atomic mass is 9.74. The average Bonchev–Trinajstić information content (AvgIpc) is 2.97. The van der Waals surface area contributed by atoms with E-state index in [1.165, 1.54) is 0 Å². The second kappa shape index (κ2) is 8.53. The number of oxime groups is 1. The van der Waals surface area contributed by atoms with Crippen LogP contribution in [-0.4, -0.2) is 54.2 Å². The zero-order chi connectivity index (χ0) is 19.6. The summed E-state index contributed by atoms with van der Waals surface area (Å²) in [6.07, 6.45) is 3.87. The van der Waals surface area contributed by atoms with Crippen molar-refractivity contribution >= 4 is 34.7 Å². The summed E-state index contributed by atoms with van der Waals surface area (Å²) >= 11 is 3.30. The van der Waals surface area contributed by atoms with Crippen molar-refractivity contribution in [3.05, 3.63) is 16.0 Å². The summed E-state index contributed by atoms with van der Waals surface area (Å²) in [5.41, 5.74) is 2.80. The zero-order valence-electron chi connectivity index (χ0n) is 16.8. The van der Waals surface area contributed by atoms with E-state index in [4.69, 9.17) is 0 Å². The largest absolute Gasteiger partial charge is 0.411 e. The Morgan fingerprint density at radius 3 is 2.70 bits per heavy atom. The minimum absolute atomic E-state index is 0.00717. The van der Waals surface area contributed by atoms with Crippen molar-refractivity contribution in [2.75, 3.05) is 32.4 Å². The topological polar surface area (TPSA) is 64.9 Å². The maximum atomic E-state index is 13.0. The molecule has 1 aliphatic carbocycles. The molecule has 150 valence electrons. The summed E-state index contributed by atoms with van der Waals surface area (Å²) in [6.45, 7) is 9.42. The molecule has 0 unspecified atom stereocenters. The van der Waals surface area contributed by atoms with E-state index in [-0.39, 0.29) is 11.3 Å². The van der Waals surface area contributed by atoms with Gasteiger partial charge in [-0.3, -0.25) is 4.79 Å². The maximum Gasteiger partial charge on any atom is 0.261 e. The summed E-state index contributed by atoms with van der Waals surface area (Å²) in [5.74, 6) is 1.54. The molecule has 2 heterocycles. The van der Waals surface area contributed by atoms with E-state index in [0.717, 1.165) is 77.0 Å². The highest BCUT2D eigenvalue weighted by atomic mass is 32.2. The number of carbonyl (C=O) groups excluding carboxylic acids is 1. The van der Waals surface area contributed by atoms with Crippen LogP contribution >= 0.6 is 23.1 Å². The van der Waals surface area contributed by atoms with Crippen molar-refractivity contribution in [1.82, 2.24) is 10.2 Å². The Morgan fingerprint density at radius 1 is 1.37 bits per heavy atom. The Balaban J connectivity index is 1.81. The molecule has 5 nitrogen and oxygen atoms in total. The molecule has 27 heavy (non-hydrogen) atoms. The number of nitrogens with zero attached hydrogens (tertiary/aromatic N) is 2. The third-order valence-electron chi connectivity index (χ3n) is 5.56. The van der Waals surface area contributed by atoms with Crippen LogP contribution in [0.4, 0.5) is 0 Å². The van der Waals surface area contributed by atoms with Gasteiger partial charge in [-0.1, -0.05) is 25.9 Å². The van der Waals surface area contributed by atoms with Crippen LogP contribution in [0.25, 0.3) is 0 Å². The predicted molar refractivity (Wildman–Crippen MR) is 114 cm³/mol. The molecule has 0 atom stereocenters. The molecule has 1 aliphatic heterocycles. The molecule has 0 spiro atoms. The lowest BCUT2D eigenvalue weighted by Crippen LogP contribution is -2.37. The Kier molecular flexibility index (Phi) is 6.54. The first-order valence-corrected chi connectivity index (χ1v) is 11.6. The van der Waals surface area contributed by atoms with Gasteiger partial charge in [-0.2, -0.15) is 0 Å². The quantitative estimate of drug-likeness (QED) is 0.437. The lowest BCUT2D eigenvalue weighted by Gasteiger charge is -2.31. The highest BCUT2D eigenvalue weighted by Crippen LogP contribution is 2.45. The Hall–Kier alpha value is -1.05. The first-order chi connectivity index (χ1) is 12.8. The van der Waals surface area contributed by atoms with Crippen molar-refractivity contribution in [3.8, 4) is 0 Å². The third-order valence-corrected chi connectivity index (χ3v) is 7.94. The van der Waals surface area contributed by atoms with E-state index in [1.54, 1.807) is 23.1 Å². The summed E-state index contributed by atoms with van der Waals surface area (Å²) in [6, 6.07) is 0. The van der Waals surface area contributed by atoms with Gasteiger partial charge in [0.2, 0.25) is 0 Å². The van der Waals surface area contributed by atoms with Crippen LogP contribution in [0, 0.1) is 11.3 Å². The van der Waals surface area contributed by atoms with E-state index in [0.29, 0.717) is 5.92 Å². The number of fused-ring (bicyclic) bond motifs is 1. The molecule has 1 amide bonds. The molecular formula is C20H31N3O2S2. The van der Waals surface area contributed by atoms with Crippen molar-refractivity contribution in [2.45, 2.75) is 50.7 Å². The molecule has 0 radical (unpaired) electrons. The van der Waals surface area contributed by atoms with Crippen molar-refractivity contribution in [2.24, 2.45) is 16.5 Å². The molecule has 0 bridgehead atoms. The molecule has 1 aromatic heterocycles. The number of nitrogens with one attached hydrogen (secondary N) is 1. The molecule has 3 rings (SSSR count). The van der Waals surface area contributed by atoms with Crippen LogP contribution in [0.5, 0.6) is 0 Å². The Bertz CT molecular complexity index is 719. The molecule has 1 fully saturated rings. The van der Waals surface area contributed by atoms with Crippen LogP contribution in [-0.2, 0) is 6.42 Å². The second-order valence-electron chi connectivity index (χ2n) is 8.53. The standard InChI is InChI=1S/C20H31N3O2S2/c1-5-26-19-16-14(10-20(2,3)11-15(16)22-25)17(27-19)18(24)21-12-13-6-8-23(4)9-7-13/h13,25H,5-12H2,1-4H3,(H,21,24)/b22-15+. The van der Waals surface area contributed by atoms with Crippen LogP contribution in [0.2, 0.25) is 0 Å². The first kappa shape index (κ1) is 20.7. The van der Waals surface area contributed by atoms with Crippen LogP contribution in [0.15, 0.2) is 9.36 Å². The van der Waals surface area contributed by atoms with Gasteiger partial charge in [-0.05, 0) is 68.5 Å². The number of rotatable bonds is 5. The fourth-order valence-corrected chi connectivity index (χ4v) is 6.55. The number of likely N-dealkylation sites (tertiary alicyclic amines) is 1. The van der Waals surface area contributed by atoms with Gasteiger partial charge in [0.05, 0.1) is 14.8 Å². The van der Waals surface area contributed by atoms with Gasteiger partial charge < -0.3 is 15.4 Å². The van der Waals surface area contributed by atoms with E-state index in [1.807, 2.05) is 0 Å². The highest BCUT2D eigenvalue weighted by molar-refractivity contribution is 8.01. The molecule has 2 N–H and O–H groups in total. The number of piperidine rings is 1. The van der Waals surface area contributed by atoms with E-state index in [9.17, 15) is 10.0 Å². The second-order valence-corrected chi connectivity index (χ2v) is 11.1. The average molecular weight is 410 g/mol. The predicted octanol–water partition coefficient (Wildman–Crippen LogP) is 4.08. The normalized spacial score (nSPS) is 22.0. The van der Waals surface area contributed by atoms with E-state index in [2.05, 4.69) is 43.2 Å². The zero-order valence-corrected chi connectivity index (χ0v) is 18.4. The van der Waals surface area contributed by atoms with E-state index < -0.39 is 0 Å². The van der Waals surface area contributed by atoms with Gasteiger partial charge in [-0.25, -0.2) is 0 Å². The van der Waals surface area contributed by atoms with Gasteiger partial charge in [-0.15, -0.1) is 23.1 Å². The number of thiophene rings is 1. The monoisotopic (exact) mass is 409 g/mol. The molecule has 0 saturated carbocycles. The molecule has 1 aromatic rings. The minimum atomic E-state index is -0.00717. The smallest absolute Gasteiger partial charge is 0.261 e. The summed E-state index contributed by atoms with van der Waals surface area (Å²) < 4.78 is 1.11. The van der Waals surface area contributed by atoms with Crippen molar-refractivity contribution in [1.29, 1.82) is 0 Å². The third kappa shape index (κ3) is 4.69. The van der Waals surface area contributed by atoms with Gasteiger partial charge in [0.25, 0.3) is 5.91 Å². The minimum Gasteiger partial charge on any atom is -0.411 e. The molecular weight excluding hydrogens is 378 g/mol. The van der Waals surface area contributed by atoms with E-state index >= 15 is 0 Å². The maximum absolute atomic E-state index is 13.0. The van der Waals surface area contributed by atoms with Gasteiger partial charge in [0.15, 0.2) is 0 Å². The number of hydrogen-bond acceptors (Lipinski definition) is 6. The summed E-state index contributed by atoms with van der Waals surface area (Å²) in [4.78, 5) is 16.2. The van der Waals surface area contributed by atoms with Crippen LogP contribution in [0.1, 0.15) is 60.8 Å².